The van der Waals surface area contributed by atoms with E-state index in [1.54, 1.807) is 12.1 Å². The van der Waals surface area contributed by atoms with Crippen molar-refractivity contribution >= 4 is 29.0 Å². The largest absolute Gasteiger partial charge is 0.300 e. The van der Waals surface area contributed by atoms with Crippen molar-refractivity contribution in [1.29, 1.82) is 0 Å². The van der Waals surface area contributed by atoms with E-state index in [9.17, 15) is 4.79 Å². The van der Waals surface area contributed by atoms with Crippen molar-refractivity contribution < 1.29 is 4.79 Å². The van der Waals surface area contributed by atoms with E-state index in [0.717, 1.165) is 5.56 Å². The lowest BCUT2D eigenvalue weighted by molar-refractivity contribution is -0.122. The fourth-order valence-corrected chi connectivity index (χ4v) is 1.61. The van der Waals surface area contributed by atoms with Crippen LogP contribution in [0.15, 0.2) is 18.2 Å². The van der Waals surface area contributed by atoms with Gasteiger partial charge in [-0.1, -0.05) is 29.3 Å². The highest BCUT2D eigenvalue weighted by Crippen LogP contribution is 2.23. The first kappa shape index (κ1) is 13.5. The van der Waals surface area contributed by atoms with Crippen molar-refractivity contribution in [2.75, 3.05) is 14.1 Å². The summed E-state index contributed by atoms with van der Waals surface area (Å²) in [6, 6.07) is 5.19. The second kappa shape index (κ2) is 5.67. The Morgan fingerprint density at radius 3 is 2.44 bits per heavy atom. The van der Waals surface area contributed by atoms with Crippen LogP contribution in [-0.2, 0) is 11.2 Å². The molecule has 0 amide bonds. The van der Waals surface area contributed by atoms with Gasteiger partial charge in [0.25, 0.3) is 0 Å². The predicted molar refractivity (Wildman–Crippen MR) is 68.3 cm³/mol. The molecular formula is C12H15Cl2NO. The minimum atomic E-state index is -0.0885. The van der Waals surface area contributed by atoms with Crippen molar-refractivity contribution in [2.45, 2.75) is 19.4 Å². The van der Waals surface area contributed by atoms with Crippen molar-refractivity contribution in [3.05, 3.63) is 33.8 Å². The average Bonchev–Trinajstić information content (AvgIpc) is 2.22. The third-order valence-electron chi connectivity index (χ3n) is 2.60. The van der Waals surface area contributed by atoms with Gasteiger partial charge in [-0.15, -0.1) is 0 Å². The lowest BCUT2D eigenvalue weighted by Crippen LogP contribution is -2.33. The first-order valence-corrected chi connectivity index (χ1v) is 5.80. The number of ketones is 1. The molecule has 0 radical (unpaired) electrons. The van der Waals surface area contributed by atoms with E-state index in [-0.39, 0.29) is 11.8 Å². The van der Waals surface area contributed by atoms with E-state index in [4.69, 9.17) is 23.2 Å². The molecule has 16 heavy (non-hydrogen) atoms. The van der Waals surface area contributed by atoms with E-state index in [1.165, 1.54) is 0 Å². The highest BCUT2D eigenvalue weighted by atomic mass is 35.5. The van der Waals surface area contributed by atoms with Crippen LogP contribution in [0.5, 0.6) is 0 Å². The van der Waals surface area contributed by atoms with Gasteiger partial charge in [0.05, 0.1) is 16.1 Å². The zero-order valence-corrected chi connectivity index (χ0v) is 11.1. The lowest BCUT2D eigenvalue weighted by atomic mass is 10.0. The molecule has 0 saturated heterocycles. The summed E-state index contributed by atoms with van der Waals surface area (Å²) in [5, 5.41) is 1.00. The highest BCUT2D eigenvalue weighted by Gasteiger charge is 2.15. The zero-order valence-electron chi connectivity index (χ0n) is 9.63. The maximum atomic E-state index is 11.8. The maximum Gasteiger partial charge on any atom is 0.154 e. The molecular weight excluding hydrogens is 245 g/mol. The average molecular weight is 260 g/mol. The fraction of sp³-hybridized carbons (Fsp3) is 0.417. The Hall–Kier alpha value is -0.570. The molecule has 2 nitrogen and oxygen atoms in total. The van der Waals surface area contributed by atoms with Gasteiger partial charge in [0.2, 0.25) is 0 Å². The van der Waals surface area contributed by atoms with Gasteiger partial charge in [0, 0.05) is 6.42 Å². The number of hydrogen-bond donors (Lipinski definition) is 0. The smallest absolute Gasteiger partial charge is 0.154 e. The maximum absolute atomic E-state index is 11.8. The van der Waals surface area contributed by atoms with Crippen molar-refractivity contribution in [3.8, 4) is 0 Å². The number of halogens is 2. The molecule has 0 aromatic heterocycles. The topological polar surface area (TPSA) is 20.3 Å². The molecule has 1 aromatic carbocycles. The Balaban J connectivity index is 2.74. The van der Waals surface area contributed by atoms with E-state index in [1.807, 2.05) is 32.0 Å². The Morgan fingerprint density at radius 2 is 1.94 bits per heavy atom. The first-order chi connectivity index (χ1) is 7.41. The number of carbonyl (C=O) groups is 1. The van der Waals surface area contributed by atoms with Crippen molar-refractivity contribution in [1.82, 2.24) is 4.90 Å². The molecule has 0 bridgehead atoms. The molecule has 1 rings (SSSR count). The third kappa shape index (κ3) is 3.48. The normalized spacial score (nSPS) is 12.9. The van der Waals surface area contributed by atoms with E-state index in [0.29, 0.717) is 16.5 Å². The molecule has 0 spiro atoms. The Labute approximate surface area is 106 Å². The number of rotatable bonds is 4. The third-order valence-corrected chi connectivity index (χ3v) is 3.34. The van der Waals surface area contributed by atoms with Crippen LogP contribution < -0.4 is 0 Å². The van der Waals surface area contributed by atoms with Gasteiger partial charge >= 0.3 is 0 Å². The Morgan fingerprint density at radius 1 is 1.31 bits per heavy atom. The predicted octanol–water partition coefficient (Wildman–Crippen LogP) is 3.06. The van der Waals surface area contributed by atoms with Crippen LogP contribution in [0.4, 0.5) is 0 Å². The van der Waals surface area contributed by atoms with Crippen molar-refractivity contribution in [3.63, 3.8) is 0 Å². The van der Waals surface area contributed by atoms with Crippen LogP contribution in [0.1, 0.15) is 12.5 Å². The minimum absolute atomic E-state index is 0.0885. The van der Waals surface area contributed by atoms with Crippen LogP contribution in [0.3, 0.4) is 0 Å². The molecule has 0 aliphatic rings. The number of Topliss-reactive ketones (excluding diaryl/α,β-unsaturated/α-hetero) is 1. The first-order valence-electron chi connectivity index (χ1n) is 5.05. The van der Waals surface area contributed by atoms with Crippen LogP contribution in [0.25, 0.3) is 0 Å². The fourth-order valence-electron chi connectivity index (χ4n) is 1.29. The second-order valence-corrected chi connectivity index (χ2v) is 4.85. The van der Waals surface area contributed by atoms with Gasteiger partial charge in [0.1, 0.15) is 0 Å². The van der Waals surface area contributed by atoms with E-state index >= 15 is 0 Å². The van der Waals surface area contributed by atoms with Crippen LogP contribution >= 0.6 is 23.2 Å². The van der Waals surface area contributed by atoms with Gasteiger partial charge in [-0.3, -0.25) is 9.69 Å². The molecule has 0 aliphatic heterocycles. The molecule has 88 valence electrons. The molecule has 0 N–H and O–H groups in total. The second-order valence-electron chi connectivity index (χ2n) is 4.03. The SMILES string of the molecule is CC(C(=O)Cc1ccc(Cl)c(Cl)c1)N(C)C. The van der Waals surface area contributed by atoms with Gasteiger partial charge in [-0.05, 0) is 38.7 Å². The molecule has 1 atom stereocenters. The molecule has 1 unspecified atom stereocenters. The summed E-state index contributed by atoms with van der Waals surface area (Å²) in [6.45, 7) is 1.89. The monoisotopic (exact) mass is 259 g/mol. The van der Waals surface area contributed by atoms with Crippen LogP contribution in [0, 0.1) is 0 Å². The van der Waals surface area contributed by atoms with Gasteiger partial charge in [0.15, 0.2) is 5.78 Å². The van der Waals surface area contributed by atoms with E-state index < -0.39 is 0 Å². The standard InChI is InChI=1S/C12H15Cl2NO/c1-8(15(2)3)12(16)7-9-4-5-10(13)11(14)6-9/h4-6,8H,7H2,1-3H3. The summed E-state index contributed by atoms with van der Waals surface area (Å²) >= 11 is 11.7. The highest BCUT2D eigenvalue weighted by molar-refractivity contribution is 6.42. The van der Waals surface area contributed by atoms with Gasteiger partial charge in [-0.25, -0.2) is 0 Å². The number of carbonyl (C=O) groups excluding carboxylic acids is 1. The quantitative estimate of drug-likeness (QED) is 0.829. The summed E-state index contributed by atoms with van der Waals surface area (Å²) in [4.78, 5) is 13.7. The summed E-state index contributed by atoms with van der Waals surface area (Å²) in [5.41, 5.74) is 0.896. The van der Waals surface area contributed by atoms with Gasteiger partial charge in [-0.2, -0.15) is 0 Å². The van der Waals surface area contributed by atoms with Crippen LogP contribution in [0.2, 0.25) is 10.0 Å². The summed E-state index contributed by atoms with van der Waals surface area (Å²) < 4.78 is 0. The molecule has 0 saturated carbocycles. The molecule has 0 aliphatic carbocycles. The summed E-state index contributed by atoms with van der Waals surface area (Å²) in [6.07, 6.45) is 0.385. The molecule has 4 heteroatoms. The van der Waals surface area contributed by atoms with E-state index in [2.05, 4.69) is 0 Å². The molecule has 1 aromatic rings. The molecule has 0 heterocycles. The Kier molecular flexibility index (Phi) is 4.78. The Bertz CT molecular complexity index is 391. The summed E-state index contributed by atoms with van der Waals surface area (Å²) in [7, 11) is 3.77. The minimum Gasteiger partial charge on any atom is -0.300 e. The van der Waals surface area contributed by atoms with Crippen molar-refractivity contribution in [2.24, 2.45) is 0 Å². The zero-order chi connectivity index (χ0) is 12.3. The number of hydrogen-bond acceptors (Lipinski definition) is 2. The number of nitrogens with zero attached hydrogens (tertiary/aromatic N) is 1. The summed E-state index contributed by atoms with van der Waals surface area (Å²) in [5.74, 6) is 0.170. The lowest BCUT2D eigenvalue weighted by Gasteiger charge is -2.18. The van der Waals surface area contributed by atoms with Crippen LogP contribution in [-0.4, -0.2) is 30.8 Å². The van der Waals surface area contributed by atoms with Gasteiger partial charge < -0.3 is 0 Å². The molecule has 0 fully saturated rings. The number of benzene rings is 1. The number of likely N-dealkylation sites (N-methyl/N-ethyl adjacent to an activating group) is 1.